The molecule has 4 N–H and O–H groups in total. The first-order chi connectivity index (χ1) is 7.08. The van der Waals surface area contributed by atoms with Crippen molar-refractivity contribution in [3.63, 3.8) is 0 Å². The molecule has 0 amide bonds. The first-order valence-corrected chi connectivity index (χ1v) is 5.51. The molecule has 0 bridgehead atoms. The minimum absolute atomic E-state index is 0. The van der Waals surface area contributed by atoms with Crippen molar-refractivity contribution in [3.8, 4) is 0 Å². The van der Waals surface area contributed by atoms with Gasteiger partial charge in [0.2, 0.25) is 0 Å². The van der Waals surface area contributed by atoms with Gasteiger partial charge in [0.15, 0.2) is 5.96 Å². The van der Waals surface area contributed by atoms with Crippen LogP contribution in [0.1, 0.15) is 20.3 Å². The smallest absolute Gasteiger partial charge is 0.185 e. The van der Waals surface area contributed by atoms with E-state index in [4.69, 9.17) is 16.2 Å². The van der Waals surface area contributed by atoms with Gasteiger partial charge in [0.1, 0.15) is 0 Å². The van der Waals surface area contributed by atoms with Gasteiger partial charge in [0, 0.05) is 26.2 Å². The molecule has 0 aromatic rings. The van der Waals surface area contributed by atoms with E-state index in [0.717, 1.165) is 26.1 Å². The zero-order valence-electron chi connectivity index (χ0n) is 10.1. The Labute approximate surface area is 115 Å². The van der Waals surface area contributed by atoms with Gasteiger partial charge in [-0.25, -0.2) is 0 Å². The molecule has 5 nitrogen and oxygen atoms in total. The van der Waals surface area contributed by atoms with Crippen LogP contribution in [0, 0.1) is 0 Å². The highest BCUT2D eigenvalue weighted by atomic mass is 127. The highest BCUT2D eigenvalue weighted by molar-refractivity contribution is 14.0. The standard InChI is InChI=1S/C10H22N4O.HI/c1-8-6-14(7-9(2)15-8)5-3-4-13-10(11)12;/h8-9H,3-7H2,1-2H3,(H4,11,12,13);1H. The molecule has 2 unspecified atom stereocenters. The molecule has 0 aliphatic carbocycles. The molecule has 0 radical (unpaired) electrons. The largest absolute Gasteiger partial charge is 0.373 e. The van der Waals surface area contributed by atoms with Crippen LogP contribution in [-0.2, 0) is 4.74 Å². The van der Waals surface area contributed by atoms with E-state index >= 15 is 0 Å². The number of morpholine rings is 1. The molecule has 1 aliphatic rings. The molecule has 16 heavy (non-hydrogen) atoms. The van der Waals surface area contributed by atoms with Gasteiger partial charge in [0.25, 0.3) is 0 Å². The minimum Gasteiger partial charge on any atom is -0.373 e. The summed E-state index contributed by atoms with van der Waals surface area (Å²) >= 11 is 0. The molecular weight excluding hydrogens is 319 g/mol. The summed E-state index contributed by atoms with van der Waals surface area (Å²) in [5.41, 5.74) is 10.5. The lowest BCUT2D eigenvalue weighted by atomic mass is 10.2. The third kappa shape index (κ3) is 6.49. The van der Waals surface area contributed by atoms with Crippen LogP contribution in [0.2, 0.25) is 0 Å². The number of aliphatic imine (C=N–C) groups is 1. The zero-order chi connectivity index (χ0) is 11.3. The fourth-order valence-electron chi connectivity index (χ4n) is 1.97. The number of hydrogen-bond acceptors (Lipinski definition) is 3. The van der Waals surface area contributed by atoms with Gasteiger partial charge in [-0.05, 0) is 20.3 Å². The summed E-state index contributed by atoms with van der Waals surface area (Å²) in [5, 5.41) is 0. The predicted molar refractivity (Wildman–Crippen MR) is 77.2 cm³/mol. The third-order valence-electron chi connectivity index (χ3n) is 2.42. The lowest BCUT2D eigenvalue weighted by Gasteiger charge is -2.35. The molecule has 0 saturated carbocycles. The van der Waals surface area contributed by atoms with E-state index in [1.807, 2.05) is 0 Å². The van der Waals surface area contributed by atoms with E-state index in [-0.39, 0.29) is 29.9 Å². The Morgan fingerprint density at radius 2 is 1.88 bits per heavy atom. The Morgan fingerprint density at radius 3 is 2.38 bits per heavy atom. The highest BCUT2D eigenvalue weighted by Gasteiger charge is 2.21. The number of nitrogens with two attached hydrogens (primary N) is 2. The van der Waals surface area contributed by atoms with Crippen molar-refractivity contribution in [3.05, 3.63) is 0 Å². The first-order valence-electron chi connectivity index (χ1n) is 5.51. The lowest BCUT2D eigenvalue weighted by molar-refractivity contribution is -0.0679. The molecule has 0 spiro atoms. The van der Waals surface area contributed by atoms with E-state index in [9.17, 15) is 0 Å². The van der Waals surface area contributed by atoms with Gasteiger partial charge in [-0.3, -0.25) is 9.89 Å². The quantitative estimate of drug-likeness (QED) is 0.335. The van der Waals surface area contributed by atoms with Crippen LogP contribution in [0.3, 0.4) is 0 Å². The molecular formula is C10H23IN4O. The minimum atomic E-state index is 0. The Hall–Kier alpha value is -0.0800. The maximum atomic E-state index is 5.65. The van der Waals surface area contributed by atoms with E-state index in [1.54, 1.807) is 0 Å². The van der Waals surface area contributed by atoms with Crippen LogP contribution in [0.5, 0.6) is 0 Å². The van der Waals surface area contributed by atoms with Gasteiger partial charge < -0.3 is 16.2 Å². The van der Waals surface area contributed by atoms with Gasteiger partial charge in [-0.15, -0.1) is 24.0 Å². The maximum absolute atomic E-state index is 5.65. The zero-order valence-corrected chi connectivity index (χ0v) is 12.4. The van der Waals surface area contributed by atoms with Crippen molar-refractivity contribution in [2.45, 2.75) is 32.5 Å². The number of halogens is 1. The molecule has 1 fully saturated rings. The Balaban J connectivity index is 0.00000225. The average Bonchev–Trinajstić information content (AvgIpc) is 2.10. The fraction of sp³-hybridized carbons (Fsp3) is 0.900. The molecule has 1 saturated heterocycles. The maximum Gasteiger partial charge on any atom is 0.185 e. The number of ether oxygens (including phenoxy) is 1. The summed E-state index contributed by atoms with van der Waals surface area (Å²) in [6, 6.07) is 0. The van der Waals surface area contributed by atoms with Crippen LogP contribution in [0.25, 0.3) is 0 Å². The van der Waals surface area contributed by atoms with Crippen molar-refractivity contribution in [1.29, 1.82) is 0 Å². The summed E-state index contributed by atoms with van der Waals surface area (Å²) in [6.07, 6.45) is 1.66. The van der Waals surface area contributed by atoms with Crippen molar-refractivity contribution >= 4 is 29.9 Å². The Morgan fingerprint density at radius 1 is 1.31 bits per heavy atom. The number of hydrogen-bond donors (Lipinski definition) is 2. The van der Waals surface area contributed by atoms with Crippen LogP contribution in [0.15, 0.2) is 4.99 Å². The number of nitrogens with zero attached hydrogens (tertiary/aromatic N) is 2. The van der Waals surface area contributed by atoms with E-state index in [0.29, 0.717) is 18.8 Å². The molecule has 0 aromatic heterocycles. The Kier molecular flexibility index (Phi) is 8.04. The van der Waals surface area contributed by atoms with E-state index in [1.165, 1.54) is 0 Å². The van der Waals surface area contributed by atoms with Crippen LogP contribution in [-0.4, -0.2) is 49.2 Å². The summed E-state index contributed by atoms with van der Waals surface area (Å²) in [6.45, 7) is 7.98. The average molecular weight is 342 g/mol. The normalized spacial score (nSPS) is 25.9. The van der Waals surface area contributed by atoms with Gasteiger partial charge in [-0.2, -0.15) is 0 Å². The van der Waals surface area contributed by atoms with Crippen LogP contribution in [0.4, 0.5) is 0 Å². The summed E-state index contributed by atoms with van der Waals surface area (Å²) in [4.78, 5) is 6.37. The molecule has 1 rings (SSSR count). The third-order valence-corrected chi connectivity index (χ3v) is 2.42. The van der Waals surface area contributed by atoms with Crippen LogP contribution < -0.4 is 11.5 Å². The number of rotatable bonds is 4. The molecule has 6 heteroatoms. The molecule has 96 valence electrons. The summed E-state index contributed by atoms with van der Waals surface area (Å²) in [5.74, 6) is 0.179. The van der Waals surface area contributed by atoms with E-state index in [2.05, 4.69) is 23.7 Å². The van der Waals surface area contributed by atoms with Crippen molar-refractivity contribution in [2.24, 2.45) is 16.5 Å². The van der Waals surface area contributed by atoms with Gasteiger partial charge in [-0.1, -0.05) is 0 Å². The second kappa shape index (κ2) is 8.08. The van der Waals surface area contributed by atoms with E-state index < -0.39 is 0 Å². The summed E-state index contributed by atoms with van der Waals surface area (Å²) < 4.78 is 5.65. The van der Waals surface area contributed by atoms with Crippen molar-refractivity contribution in [1.82, 2.24) is 4.90 Å². The monoisotopic (exact) mass is 342 g/mol. The SMILES string of the molecule is CC1CN(CCCN=C(N)N)CC(C)O1.I. The van der Waals surface area contributed by atoms with Crippen LogP contribution >= 0.6 is 24.0 Å². The molecule has 2 atom stereocenters. The molecule has 1 aliphatic heterocycles. The Bertz CT molecular complexity index is 211. The lowest BCUT2D eigenvalue weighted by Crippen LogP contribution is -2.45. The number of guanidine groups is 1. The molecule has 0 aromatic carbocycles. The second-order valence-corrected chi connectivity index (χ2v) is 4.18. The fourth-order valence-corrected chi connectivity index (χ4v) is 1.97. The predicted octanol–water partition coefficient (Wildman–Crippen LogP) is 0.377. The second-order valence-electron chi connectivity index (χ2n) is 4.18. The van der Waals surface area contributed by atoms with Crippen molar-refractivity contribution < 1.29 is 4.74 Å². The first kappa shape index (κ1) is 15.9. The topological polar surface area (TPSA) is 76.9 Å². The summed E-state index contributed by atoms with van der Waals surface area (Å²) in [7, 11) is 0. The van der Waals surface area contributed by atoms with Gasteiger partial charge in [0.05, 0.1) is 12.2 Å². The highest BCUT2D eigenvalue weighted by Crippen LogP contribution is 2.10. The molecule has 1 heterocycles. The van der Waals surface area contributed by atoms with Crippen molar-refractivity contribution in [2.75, 3.05) is 26.2 Å². The van der Waals surface area contributed by atoms with Gasteiger partial charge >= 0.3 is 0 Å².